The van der Waals surface area contributed by atoms with Gasteiger partial charge < -0.3 is 4.90 Å². The zero-order valence-electron chi connectivity index (χ0n) is 8.83. The molecule has 1 aromatic rings. The average molecular weight is 303 g/mol. The number of halogens is 2. The van der Waals surface area contributed by atoms with Gasteiger partial charge in [0.05, 0.1) is 0 Å². The quantitative estimate of drug-likeness (QED) is 0.729. The van der Waals surface area contributed by atoms with Crippen LogP contribution in [0.3, 0.4) is 0 Å². The van der Waals surface area contributed by atoms with Crippen LogP contribution in [0.15, 0.2) is 24.3 Å². The molecule has 0 radical (unpaired) electrons. The van der Waals surface area contributed by atoms with Crippen LogP contribution in [0.4, 0.5) is 0 Å². The van der Waals surface area contributed by atoms with E-state index in [4.69, 9.17) is 11.6 Å². The van der Waals surface area contributed by atoms with E-state index in [1.54, 1.807) is 12.1 Å². The topological polar surface area (TPSA) is 20.3 Å². The molecule has 0 saturated carbocycles. The van der Waals surface area contributed by atoms with Crippen LogP contribution < -0.4 is 0 Å². The van der Waals surface area contributed by atoms with Gasteiger partial charge in [-0.3, -0.25) is 4.79 Å². The molecule has 2 rings (SSSR count). The predicted octanol–water partition coefficient (Wildman–Crippen LogP) is 3.34. The maximum Gasteiger partial charge on any atom is 0.253 e. The molecule has 1 aliphatic rings. The molecular formula is C12H13BrClNO. The van der Waals surface area contributed by atoms with E-state index in [1.165, 1.54) is 0 Å². The second-order valence-electron chi connectivity index (χ2n) is 3.98. The van der Waals surface area contributed by atoms with E-state index >= 15 is 0 Å². The number of likely N-dealkylation sites (tertiary alicyclic amines) is 1. The van der Waals surface area contributed by atoms with Crippen molar-refractivity contribution in [1.82, 2.24) is 4.90 Å². The van der Waals surface area contributed by atoms with Crippen LogP contribution in [-0.4, -0.2) is 28.7 Å². The minimum Gasteiger partial charge on any atom is -0.339 e. The van der Waals surface area contributed by atoms with Crippen LogP contribution >= 0.6 is 27.5 Å². The first-order valence-electron chi connectivity index (χ1n) is 5.36. The molecule has 86 valence electrons. The third-order valence-corrected chi connectivity index (χ3v) is 3.93. The Labute approximate surface area is 109 Å². The molecule has 0 bridgehead atoms. The molecular weight excluding hydrogens is 289 g/mol. The van der Waals surface area contributed by atoms with Crippen molar-refractivity contribution in [3.8, 4) is 0 Å². The number of benzene rings is 1. The smallest absolute Gasteiger partial charge is 0.253 e. The fourth-order valence-electron chi connectivity index (χ4n) is 1.86. The third kappa shape index (κ3) is 2.77. The van der Waals surface area contributed by atoms with Gasteiger partial charge in [0, 0.05) is 28.5 Å². The van der Waals surface area contributed by atoms with Gasteiger partial charge >= 0.3 is 0 Å². The van der Waals surface area contributed by atoms with Crippen LogP contribution in [-0.2, 0) is 0 Å². The number of carbonyl (C=O) groups is 1. The Hall–Kier alpha value is -0.540. The standard InChI is InChI=1S/C12H13BrClNO/c13-10-4-6-15(7-5-10)12(16)9-2-1-3-11(14)8-9/h1-3,8,10H,4-7H2. The molecule has 16 heavy (non-hydrogen) atoms. The van der Waals surface area contributed by atoms with Gasteiger partial charge in [0.25, 0.3) is 5.91 Å². The molecule has 0 atom stereocenters. The molecule has 1 heterocycles. The molecule has 0 N–H and O–H groups in total. The largest absolute Gasteiger partial charge is 0.339 e. The molecule has 1 aromatic carbocycles. The lowest BCUT2D eigenvalue weighted by molar-refractivity contribution is 0.0728. The van der Waals surface area contributed by atoms with Crippen molar-refractivity contribution in [2.45, 2.75) is 17.7 Å². The first kappa shape index (κ1) is 11.9. The number of hydrogen-bond acceptors (Lipinski definition) is 1. The van der Waals surface area contributed by atoms with Crippen molar-refractivity contribution < 1.29 is 4.79 Å². The Morgan fingerprint density at radius 2 is 2.06 bits per heavy atom. The van der Waals surface area contributed by atoms with Gasteiger partial charge in [0.1, 0.15) is 0 Å². The second kappa shape index (κ2) is 5.19. The molecule has 1 saturated heterocycles. The lowest BCUT2D eigenvalue weighted by Gasteiger charge is -2.29. The second-order valence-corrected chi connectivity index (χ2v) is 5.71. The van der Waals surface area contributed by atoms with Crippen LogP contribution in [0.2, 0.25) is 5.02 Å². The van der Waals surface area contributed by atoms with Gasteiger partial charge in [-0.25, -0.2) is 0 Å². The van der Waals surface area contributed by atoms with E-state index in [1.807, 2.05) is 17.0 Å². The van der Waals surface area contributed by atoms with Gasteiger partial charge in [0.2, 0.25) is 0 Å². The monoisotopic (exact) mass is 301 g/mol. The van der Waals surface area contributed by atoms with Gasteiger partial charge in [-0.2, -0.15) is 0 Å². The summed E-state index contributed by atoms with van der Waals surface area (Å²) in [5.41, 5.74) is 0.681. The summed E-state index contributed by atoms with van der Waals surface area (Å²) in [6, 6.07) is 7.13. The lowest BCUT2D eigenvalue weighted by Crippen LogP contribution is -2.38. The summed E-state index contributed by atoms with van der Waals surface area (Å²) in [6.07, 6.45) is 2.04. The maximum absolute atomic E-state index is 12.1. The third-order valence-electron chi connectivity index (χ3n) is 2.78. The summed E-state index contributed by atoms with van der Waals surface area (Å²) in [6.45, 7) is 1.64. The van der Waals surface area contributed by atoms with E-state index in [0.29, 0.717) is 15.4 Å². The first-order valence-corrected chi connectivity index (χ1v) is 6.65. The van der Waals surface area contributed by atoms with Crippen molar-refractivity contribution >= 4 is 33.4 Å². The number of nitrogens with zero attached hydrogens (tertiary/aromatic N) is 1. The van der Waals surface area contributed by atoms with Crippen molar-refractivity contribution in [1.29, 1.82) is 0 Å². The van der Waals surface area contributed by atoms with E-state index in [2.05, 4.69) is 15.9 Å². The highest BCUT2D eigenvalue weighted by Gasteiger charge is 2.21. The van der Waals surface area contributed by atoms with Crippen molar-refractivity contribution in [3.63, 3.8) is 0 Å². The van der Waals surface area contributed by atoms with Gasteiger partial charge in [0.15, 0.2) is 0 Å². The summed E-state index contributed by atoms with van der Waals surface area (Å²) in [4.78, 5) is 14.6. The molecule has 0 aromatic heterocycles. The van der Waals surface area contributed by atoms with Crippen LogP contribution in [0, 0.1) is 0 Å². The van der Waals surface area contributed by atoms with Gasteiger partial charge in [-0.05, 0) is 31.0 Å². The van der Waals surface area contributed by atoms with E-state index < -0.39 is 0 Å². The molecule has 1 aliphatic heterocycles. The van der Waals surface area contributed by atoms with E-state index in [-0.39, 0.29) is 5.91 Å². The molecule has 4 heteroatoms. The highest BCUT2D eigenvalue weighted by Crippen LogP contribution is 2.20. The summed E-state index contributed by atoms with van der Waals surface area (Å²) in [5, 5.41) is 0.612. The van der Waals surface area contributed by atoms with E-state index in [0.717, 1.165) is 25.9 Å². The normalized spacial score (nSPS) is 17.5. The van der Waals surface area contributed by atoms with Crippen LogP contribution in [0.1, 0.15) is 23.2 Å². The Morgan fingerprint density at radius 1 is 1.38 bits per heavy atom. The zero-order valence-corrected chi connectivity index (χ0v) is 11.2. The highest BCUT2D eigenvalue weighted by molar-refractivity contribution is 9.09. The molecule has 0 aliphatic carbocycles. The Balaban J connectivity index is 2.08. The molecule has 0 unspecified atom stereocenters. The van der Waals surface area contributed by atoms with Gasteiger partial charge in [-0.15, -0.1) is 0 Å². The fourth-order valence-corrected chi connectivity index (χ4v) is 2.45. The number of amides is 1. The SMILES string of the molecule is O=C(c1cccc(Cl)c1)N1CCC(Br)CC1. The van der Waals surface area contributed by atoms with Gasteiger partial charge in [-0.1, -0.05) is 33.6 Å². The summed E-state index contributed by atoms with van der Waals surface area (Å²) in [5.74, 6) is 0.0851. The highest BCUT2D eigenvalue weighted by atomic mass is 79.9. The zero-order chi connectivity index (χ0) is 11.5. The van der Waals surface area contributed by atoms with Crippen molar-refractivity contribution in [2.75, 3.05) is 13.1 Å². The Kier molecular flexibility index (Phi) is 3.87. The molecule has 2 nitrogen and oxygen atoms in total. The number of hydrogen-bond donors (Lipinski definition) is 0. The predicted molar refractivity (Wildman–Crippen MR) is 69.3 cm³/mol. The van der Waals surface area contributed by atoms with Crippen LogP contribution in [0.25, 0.3) is 0 Å². The lowest BCUT2D eigenvalue weighted by atomic mass is 10.1. The molecule has 0 spiro atoms. The summed E-state index contributed by atoms with van der Waals surface area (Å²) >= 11 is 9.45. The Bertz CT molecular complexity index is 388. The maximum atomic E-state index is 12.1. The molecule has 1 fully saturated rings. The number of alkyl halides is 1. The van der Waals surface area contributed by atoms with Crippen molar-refractivity contribution in [3.05, 3.63) is 34.9 Å². The van der Waals surface area contributed by atoms with Crippen LogP contribution in [0.5, 0.6) is 0 Å². The number of piperidine rings is 1. The van der Waals surface area contributed by atoms with Crippen molar-refractivity contribution in [2.24, 2.45) is 0 Å². The average Bonchev–Trinajstić information content (AvgIpc) is 2.29. The van der Waals surface area contributed by atoms with E-state index in [9.17, 15) is 4.79 Å². The minimum absolute atomic E-state index is 0.0851. The summed E-state index contributed by atoms with van der Waals surface area (Å²) in [7, 11) is 0. The fraction of sp³-hybridized carbons (Fsp3) is 0.417. The minimum atomic E-state index is 0.0851. The number of carbonyl (C=O) groups excluding carboxylic acids is 1. The Morgan fingerprint density at radius 3 is 2.69 bits per heavy atom. The summed E-state index contributed by atoms with van der Waals surface area (Å²) < 4.78 is 0. The first-order chi connectivity index (χ1) is 7.66. The molecule has 1 amide bonds. The number of rotatable bonds is 1.